The maximum Gasteiger partial charge on any atom is 0.311 e. The number of aliphatic carboxylic acids is 1. The molecular weight excluding hydrogens is 242 g/mol. The van der Waals surface area contributed by atoms with E-state index in [0.717, 1.165) is 12.8 Å². The van der Waals surface area contributed by atoms with Gasteiger partial charge in [0, 0.05) is 12.5 Å². The Kier molecular flexibility index (Phi) is 7.72. The quantitative estimate of drug-likeness (QED) is 0.677. The lowest BCUT2D eigenvalue weighted by atomic mass is 9.82. The van der Waals surface area contributed by atoms with E-state index in [1.165, 1.54) is 0 Å². The van der Waals surface area contributed by atoms with Gasteiger partial charge in [-0.2, -0.15) is 0 Å². The van der Waals surface area contributed by atoms with Crippen LogP contribution in [0.2, 0.25) is 0 Å². The molecule has 0 aliphatic carbocycles. The van der Waals surface area contributed by atoms with Crippen LogP contribution in [0.25, 0.3) is 0 Å². The summed E-state index contributed by atoms with van der Waals surface area (Å²) in [6, 6.07) is 0. The summed E-state index contributed by atoms with van der Waals surface area (Å²) in [5.41, 5.74) is -0.830. The molecule has 0 rings (SSSR count). The van der Waals surface area contributed by atoms with Gasteiger partial charge in [0.15, 0.2) is 0 Å². The zero-order valence-corrected chi connectivity index (χ0v) is 13.0. The average Bonchev–Trinajstić information content (AvgIpc) is 2.41. The van der Waals surface area contributed by atoms with Crippen LogP contribution in [0.4, 0.5) is 0 Å². The summed E-state index contributed by atoms with van der Waals surface area (Å²) in [6.45, 7) is 10.0. The average molecular weight is 271 g/mol. The first-order valence-corrected chi connectivity index (χ1v) is 7.39. The van der Waals surface area contributed by atoms with Crippen LogP contribution in [0, 0.1) is 17.3 Å². The van der Waals surface area contributed by atoms with Crippen molar-refractivity contribution in [3.05, 3.63) is 0 Å². The number of rotatable bonds is 9. The van der Waals surface area contributed by atoms with Crippen LogP contribution in [-0.4, -0.2) is 23.5 Å². The number of carbonyl (C=O) groups excluding carboxylic acids is 1. The fraction of sp³-hybridized carbons (Fsp3) is 0.867. The lowest BCUT2D eigenvalue weighted by Gasteiger charge is -2.28. The van der Waals surface area contributed by atoms with E-state index >= 15 is 0 Å². The van der Waals surface area contributed by atoms with E-state index in [4.69, 9.17) is 0 Å². The first-order chi connectivity index (χ1) is 8.88. The molecule has 0 aliphatic heterocycles. The molecule has 0 bridgehead atoms. The largest absolute Gasteiger partial charge is 0.481 e. The molecule has 1 unspecified atom stereocenters. The Morgan fingerprint density at radius 1 is 1.11 bits per heavy atom. The minimum atomic E-state index is -0.830. The monoisotopic (exact) mass is 271 g/mol. The molecule has 4 heteroatoms. The molecule has 0 radical (unpaired) electrons. The zero-order chi connectivity index (χ0) is 15.1. The molecular formula is C15H29NO3. The van der Waals surface area contributed by atoms with Crippen molar-refractivity contribution in [3.63, 3.8) is 0 Å². The summed E-state index contributed by atoms with van der Waals surface area (Å²) < 4.78 is 0. The molecule has 0 aromatic carbocycles. The van der Waals surface area contributed by atoms with Gasteiger partial charge in [0.2, 0.25) is 5.91 Å². The Morgan fingerprint density at radius 2 is 1.58 bits per heavy atom. The highest BCUT2D eigenvalue weighted by atomic mass is 16.4. The smallest absolute Gasteiger partial charge is 0.311 e. The SMILES string of the molecule is CCC(CC)C(C)C(=O)NCC(CC)(CC)C(=O)O. The summed E-state index contributed by atoms with van der Waals surface area (Å²) in [6.07, 6.45) is 2.99. The van der Waals surface area contributed by atoms with Crippen molar-refractivity contribution >= 4 is 11.9 Å². The van der Waals surface area contributed by atoms with Crippen LogP contribution in [0.15, 0.2) is 0 Å². The summed E-state index contributed by atoms with van der Waals surface area (Å²) in [5.74, 6) is -0.549. The van der Waals surface area contributed by atoms with Gasteiger partial charge in [-0.05, 0) is 18.8 Å². The number of hydrogen-bond acceptors (Lipinski definition) is 2. The molecule has 0 aromatic heterocycles. The third-order valence-corrected chi connectivity index (χ3v) is 4.58. The van der Waals surface area contributed by atoms with Gasteiger partial charge in [-0.15, -0.1) is 0 Å². The maximum atomic E-state index is 12.1. The molecule has 0 saturated heterocycles. The predicted molar refractivity (Wildman–Crippen MR) is 76.9 cm³/mol. The van der Waals surface area contributed by atoms with E-state index < -0.39 is 11.4 Å². The Bertz CT molecular complexity index is 294. The van der Waals surface area contributed by atoms with E-state index in [1.807, 2.05) is 20.8 Å². The van der Waals surface area contributed by atoms with Crippen molar-refractivity contribution in [1.82, 2.24) is 5.32 Å². The van der Waals surface area contributed by atoms with Gasteiger partial charge in [-0.1, -0.05) is 47.5 Å². The van der Waals surface area contributed by atoms with Gasteiger partial charge in [0.05, 0.1) is 5.41 Å². The first-order valence-electron chi connectivity index (χ1n) is 7.39. The predicted octanol–water partition coefficient (Wildman–Crippen LogP) is 3.07. The fourth-order valence-electron chi connectivity index (χ4n) is 2.51. The molecule has 2 N–H and O–H groups in total. The second-order valence-corrected chi connectivity index (χ2v) is 5.38. The third-order valence-electron chi connectivity index (χ3n) is 4.58. The Morgan fingerprint density at radius 3 is 1.89 bits per heavy atom. The highest BCUT2D eigenvalue weighted by Gasteiger charge is 2.35. The number of amides is 1. The third kappa shape index (κ3) is 4.51. The van der Waals surface area contributed by atoms with Crippen molar-refractivity contribution in [3.8, 4) is 0 Å². The van der Waals surface area contributed by atoms with Crippen molar-refractivity contribution in [2.75, 3.05) is 6.54 Å². The molecule has 0 aliphatic rings. The van der Waals surface area contributed by atoms with E-state index in [-0.39, 0.29) is 18.4 Å². The number of carboxylic acid groups (broad SMARTS) is 1. The minimum Gasteiger partial charge on any atom is -0.481 e. The van der Waals surface area contributed by atoms with Gasteiger partial charge in [-0.3, -0.25) is 9.59 Å². The molecule has 0 heterocycles. The van der Waals surface area contributed by atoms with Gasteiger partial charge in [0.1, 0.15) is 0 Å². The Hall–Kier alpha value is -1.06. The van der Waals surface area contributed by atoms with E-state index in [9.17, 15) is 14.7 Å². The number of nitrogens with one attached hydrogen (secondary N) is 1. The summed E-state index contributed by atoms with van der Waals surface area (Å²) >= 11 is 0. The summed E-state index contributed by atoms with van der Waals surface area (Å²) in [5, 5.41) is 12.2. The van der Waals surface area contributed by atoms with Crippen LogP contribution in [0.1, 0.15) is 60.3 Å². The fourth-order valence-corrected chi connectivity index (χ4v) is 2.51. The topological polar surface area (TPSA) is 66.4 Å². The highest BCUT2D eigenvalue weighted by Crippen LogP contribution is 2.26. The lowest BCUT2D eigenvalue weighted by Crippen LogP contribution is -2.44. The minimum absolute atomic E-state index is 0.0266. The molecule has 112 valence electrons. The van der Waals surface area contributed by atoms with Crippen LogP contribution >= 0.6 is 0 Å². The normalized spacial score (nSPS) is 13.4. The van der Waals surface area contributed by atoms with Crippen molar-refractivity contribution < 1.29 is 14.7 Å². The molecule has 19 heavy (non-hydrogen) atoms. The number of carbonyl (C=O) groups is 2. The highest BCUT2D eigenvalue weighted by molar-refractivity contribution is 5.80. The van der Waals surface area contributed by atoms with Crippen molar-refractivity contribution in [1.29, 1.82) is 0 Å². The van der Waals surface area contributed by atoms with Gasteiger partial charge in [0.25, 0.3) is 0 Å². The summed E-state index contributed by atoms with van der Waals surface area (Å²) in [7, 11) is 0. The van der Waals surface area contributed by atoms with Crippen LogP contribution in [-0.2, 0) is 9.59 Å². The number of carboxylic acids is 1. The number of hydrogen-bond donors (Lipinski definition) is 2. The Balaban J connectivity index is 4.61. The second kappa shape index (κ2) is 8.18. The molecule has 0 aromatic rings. The Labute approximate surface area is 117 Å². The van der Waals surface area contributed by atoms with Crippen LogP contribution in [0.3, 0.4) is 0 Å². The standard InChI is InChI=1S/C15H29NO3/c1-6-12(7-2)11(5)13(17)16-10-15(8-3,9-4)14(18)19/h11-12H,6-10H2,1-5H3,(H,16,17)(H,18,19). The van der Waals surface area contributed by atoms with Gasteiger partial charge < -0.3 is 10.4 Å². The first kappa shape index (κ1) is 17.9. The second-order valence-electron chi connectivity index (χ2n) is 5.38. The molecule has 1 atom stereocenters. The maximum absolute atomic E-state index is 12.1. The summed E-state index contributed by atoms with van der Waals surface area (Å²) in [4.78, 5) is 23.5. The van der Waals surface area contributed by atoms with Crippen molar-refractivity contribution in [2.24, 2.45) is 17.3 Å². The molecule has 0 saturated carbocycles. The van der Waals surface area contributed by atoms with Gasteiger partial charge in [-0.25, -0.2) is 0 Å². The van der Waals surface area contributed by atoms with E-state index in [1.54, 1.807) is 0 Å². The van der Waals surface area contributed by atoms with Crippen LogP contribution < -0.4 is 5.32 Å². The van der Waals surface area contributed by atoms with Crippen LogP contribution in [0.5, 0.6) is 0 Å². The van der Waals surface area contributed by atoms with Gasteiger partial charge >= 0.3 is 5.97 Å². The molecule has 4 nitrogen and oxygen atoms in total. The zero-order valence-electron chi connectivity index (χ0n) is 13.0. The van der Waals surface area contributed by atoms with Crippen molar-refractivity contribution in [2.45, 2.75) is 60.3 Å². The van der Waals surface area contributed by atoms with E-state index in [2.05, 4.69) is 19.2 Å². The molecule has 0 fully saturated rings. The molecule has 0 spiro atoms. The molecule has 1 amide bonds. The lowest BCUT2D eigenvalue weighted by molar-refractivity contribution is -0.149. The van der Waals surface area contributed by atoms with E-state index in [0.29, 0.717) is 18.8 Å².